The van der Waals surface area contributed by atoms with Crippen LogP contribution in [0.4, 0.5) is 0 Å². The molecule has 0 aliphatic heterocycles. The Morgan fingerprint density at radius 3 is 2.17 bits per heavy atom. The van der Waals surface area contributed by atoms with E-state index in [-0.39, 0.29) is 0 Å². The van der Waals surface area contributed by atoms with Gasteiger partial charge in [0.1, 0.15) is 0 Å². The molecule has 0 aromatic heterocycles. The summed E-state index contributed by atoms with van der Waals surface area (Å²) in [5.41, 5.74) is 0. The zero-order valence-electron chi connectivity index (χ0n) is 8.88. The molecule has 1 atom stereocenters. The lowest BCUT2D eigenvalue weighted by molar-refractivity contribution is -0.137. The summed E-state index contributed by atoms with van der Waals surface area (Å²) in [6.45, 7) is 2.17. The predicted molar refractivity (Wildman–Crippen MR) is 50.2 cm³/mol. The Balaban J connectivity index is 3.11. The first-order valence-corrected chi connectivity index (χ1v) is 4.83. The smallest absolute Gasteiger partial charge is 0.303 e. The van der Waals surface area contributed by atoms with Crippen LogP contribution in [-0.4, -0.2) is 11.1 Å². The Kier molecular flexibility index (Phi) is 6.82. The fourth-order valence-corrected chi connectivity index (χ4v) is 1.15. The van der Waals surface area contributed by atoms with Crippen molar-refractivity contribution in [2.75, 3.05) is 0 Å². The van der Waals surface area contributed by atoms with Crippen molar-refractivity contribution in [1.82, 2.24) is 0 Å². The van der Waals surface area contributed by atoms with Gasteiger partial charge in [0.2, 0.25) is 0 Å². The van der Waals surface area contributed by atoms with Gasteiger partial charge in [0.05, 0.1) is 0 Å². The van der Waals surface area contributed by atoms with Crippen molar-refractivity contribution in [2.45, 2.75) is 58.3 Å². The van der Waals surface area contributed by atoms with Gasteiger partial charge in [-0.25, -0.2) is 0 Å². The summed E-state index contributed by atoms with van der Waals surface area (Å²) in [6.07, 6.45) is 6.46. The van der Waals surface area contributed by atoms with E-state index in [1.165, 1.54) is 25.7 Å². The molecule has 0 radical (unpaired) electrons. The number of carboxylic acid groups (broad SMARTS) is 1. The second-order valence-electron chi connectivity index (χ2n) is 3.10. The average Bonchev–Trinajstić information content (AvgIpc) is 2.10. The second-order valence-corrected chi connectivity index (χ2v) is 3.10. The van der Waals surface area contributed by atoms with Crippen molar-refractivity contribution >= 4 is 5.97 Å². The van der Waals surface area contributed by atoms with Gasteiger partial charge >= 0.3 is 5.97 Å². The third-order valence-electron chi connectivity index (χ3n) is 1.88. The molecule has 1 unspecified atom stereocenters. The molecule has 0 spiro atoms. The van der Waals surface area contributed by atoms with Gasteiger partial charge in [-0.15, -0.1) is 0 Å². The largest absolute Gasteiger partial charge is 0.481 e. The molecule has 0 fully saturated rings. The van der Waals surface area contributed by atoms with E-state index in [9.17, 15) is 4.79 Å². The summed E-state index contributed by atoms with van der Waals surface area (Å²) in [6, 6.07) is 0. The number of unbranched alkanes of at least 4 members (excludes halogenated alkanes) is 5. The normalized spacial score (nSPS) is 13.9. The highest BCUT2D eigenvalue weighted by Gasteiger charge is 1.95. The Morgan fingerprint density at radius 1 is 1.17 bits per heavy atom. The summed E-state index contributed by atoms with van der Waals surface area (Å²) in [5.74, 6) is -0.992. The van der Waals surface area contributed by atoms with E-state index < -0.39 is 12.4 Å². The molecule has 0 aromatic rings. The van der Waals surface area contributed by atoms with E-state index in [4.69, 9.17) is 6.48 Å². The molecule has 72 valence electrons. The van der Waals surface area contributed by atoms with Crippen LogP contribution < -0.4 is 0 Å². The van der Waals surface area contributed by atoms with Crippen LogP contribution in [0.25, 0.3) is 0 Å². The number of carboxylic acids is 1. The topological polar surface area (TPSA) is 37.3 Å². The van der Waals surface area contributed by atoms with Crippen LogP contribution in [0.1, 0.15) is 59.6 Å². The van der Waals surface area contributed by atoms with Crippen LogP contribution in [0.3, 0.4) is 0 Å². The average molecular weight is 173 g/mol. The first-order chi connectivity index (χ1) is 6.18. The number of hydrogen-bond acceptors (Lipinski definition) is 1. The maximum atomic E-state index is 10.3. The molecule has 0 aliphatic carbocycles. The van der Waals surface area contributed by atoms with Gasteiger partial charge in [-0.05, 0) is 6.42 Å². The Morgan fingerprint density at radius 2 is 1.67 bits per heavy atom. The van der Waals surface area contributed by atoms with Gasteiger partial charge in [0.25, 0.3) is 0 Å². The van der Waals surface area contributed by atoms with Crippen molar-refractivity contribution in [3.63, 3.8) is 0 Å². The zero-order valence-corrected chi connectivity index (χ0v) is 7.88. The lowest BCUT2D eigenvalue weighted by Crippen LogP contribution is -1.93. The lowest BCUT2D eigenvalue weighted by atomic mass is 10.1. The van der Waals surface area contributed by atoms with E-state index in [0.29, 0.717) is 6.42 Å². The van der Waals surface area contributed by atoms with Gasteiger partial charge in [-0.1, -0.05) is 45.4 Å². The third kappa shape index (κ3) is 9.47. The maximum Gasteiger partial charge on any atom is 0.303 e. The van der Waals surface area contributed by atoms with Crippen molar-refractivity contribution in [2.24, 2.45) is 0 Å². The molecule has 12 heavy (non-hydrogen) atoms. The summed E-state index contributed by atoms with van der Waals surface area (Å²) < 4.78 is 7.14. The molecule has 0 saturated heterocycles. The highest BCUT2D eigenvalue weighted by atomic mass is 16.4. The summed E-state index contributed by atoms with van der Waals surface area (Å²) in [5, 5.41) is 8.44. The fourth-order valence-electron chi connectivity index (χ4n) is 1.15. The van der Waals surface area contributed by atoms with Crippen LogP contribution in [0, 0.1) is 0 Å². The standard InChI is InChI=1S/C10H20O2/c1-2-3-4-5-6-7-8-9-10(11)12/h2-9H2,1H3,(H,11,12)/i9D. The molecule has 0 bridgehead atoms. The molecule has 0 amide bonds. The molecule has 0 heterocycles. The molecule has 0 saturated carbocycles. The second kappa shape index (κ2) is 8.57. The van der Waals surface area contributed by atoms with Crippen molar-refractivity contribution in [1.29, 1.82) is 0 Å². The van der Waals surface area contributed by atoms with E-state index in [1.807, 2.05) is 0 Å². The summed E-state index contributed by atoms with van der Waals surface area (Å²) in [7, 11) is 0. The van der Waals surface area contributed by atoms with Crippen molar-refractivity contribution < 1.29 is 11.3 Å². The predicted octanol–water partition coefficient (Wildman–Crippen LogP) is 3.21. The minimum atomic E-state index is -0.992. The lowest BCUT2D eigenvalue weighted by Gasteiger charge is -1.98. The molecule has 2 heteroatoms. The van der Waals surface area contributed by atoms with Gasteiger partial charge in [-0.3, -0.25) is 4.79 Å². The Hall–Kier alpha value is -0.530. The SMILES string of the molecule is [2H]C(CCCCCCCC)C(=O)O. The van der Waals surface area contributed by atoms with Crippen LogP contribution in [0.2, 0.25) is 0 Å². The van der Waals surface area contributed by atoms with Crippen LogP contribution in [0.15, 0.2) is 0 Å². The van der Waals surface area contributed by atoms with E-state index in [1.54, 1.807) is 0 Å². The molecule has 0 aromatic carbocycles. The summed E-state index contributed by atoms with van der Waals surface area (Å²) >= 11 is 0. The quantitative estimate of drug-likeness (QED) is 0.572. The molecule has 2 nitrogen and oxygen atoms in total. The van der Waals surface area contributed by atoms with Gasteiger partial charge in [0.15, 0.2) is 0 Å². The van der Waals surface area contributed by atoms with E-state index in [2.05, 4.69) is 6.92 Å². The van der Waals surface area contributed by atoms with Crippen molar-refractivity contribution in [3.05, 3.63) is 0 Å². The molecular formula is C10H20O2. The molecule has 0 aliphatic rings. The van der Waals surface area contributed by atoms with Crippen LogP contribution in [-0.2, 0) is 4.79 Å². The van der Waals surface area contributed by atoms with Gasteiger partial charge in [0, 0.05) is 7.77 Å². The van der Waals surface area contributed by atoms with Crippen LogP contribution >= 0.6 is 0 Å². The van der Waals surface area contributed by atoms with Gasteiger partial charge in [-0.2, -0.15) is 0 Å². The van der Waals surface area contributed by atoms with E-state index in [0.717, 1.165) is 12.8 Å². The first kappa shape index (κ1) is 9.56. The number of aliphatic carboxylic acids is 1. The van der Waals surface area contributed by atoms with Crippen LogP contribution in [0.5, 0.6) is 0 Å². The highest BCUT2D eigenvalue weighted by Crippen LogP contribution is 2.07. The fraction of sp³-hybridized carbons (Fsp3) is 0.900. The zero-order chi connectivity index (χ0) is 10.1. The Labute approximate surface area is 76.4 Å². The molecular weight excluding hydrogens is 152 g/mol. The van der Waals surface area contributed by atoms with E-state index >= 15 is 0 Å². The number of carbonyl (C=O) groups is 1. The molecule has 0 rings (SSSR count). The van der Waals surface area contributed by atoms with Gasteiger partial charge < -0.3 is 5.11 Å². The summed E-state index contributed by atoms with van der Waals surface area (Å²) in [4.78, 5) is 10.3. The highest BCUT2D eigenvalue weighted by molar-refractivity contribution is 5.66. The van der Waals surface area contributed by atoms with Crippen molar-refractivity contribution in [3.8, 4) is 0 Å². The monoisotopic (exact) mass is 173 g/mol. The first-order valence-electron chi connectivity index (χ1n) is 5.41. The minimum Gasteiger partial charge on any atom is -0.481 e. The number of hydrogen-bond donors (Lipinski definition) is 1. The Bertz CT molecular complexity index is 137. The minimum absolute atomic E-state index is 0.501. The number of rotatable bonds is 8. The maximum absolute atomic E-state index is 10.3. The third-order valence-corrected chi connectivity index (χ3v) is 1.88. The molecule has 1 N–H and O–H groups in total.